The van der Waals surface area contributed by atoms with Gasteiger partial charge in [0.1, 0.15) is 11.5 Å². The molecule has 0 amide bonds. The zero-order valence-corrected chi connectivity index (χ0v) is 8.41. The largest absolute Gasteiger partial charge is 0.508 e. The molecule has 4 N–H and O–H groups in total. The van der Waals surface area contributed by atoms with Crippen molar-refractivity contribution in [1.29, 1.82) is 0 Å². The summed E-state index contributed by atoms with van der Waals surface area (Å²) in [5.41, 5.74) is 0. The van der Waals surface area contributed by atoms with Gasteiger partial charge in [0.15, 0.2) is 11.5 Å². The summed E-state index contributed by atoms with van der Waals surface area (Å²) in [6, 6.07) is 12.3. The van der Waals surface area contributed by atoms with E-state index in [9.17, 15) is 0 Å². The first-order valence-corrected chi connectivity index (χ1v) is 4.54. The van der Waals surface area contributed by atoms with E-state index in [0.29, 0.717) is 5.75 Å². The van der Waals surface area contributed by atoms with Crippen molar-refractivity contribution in [2.24, 2.45) is 0 Å². The maximum absolute atomic E-state index is 8.69. The summed E-state index contributed by atoms with van der Waals surface area (Å²) in [4.78, 5) is 0. The lowest BCUT2D eigenvalue weighted by Crippen LogP contribution is -1.66. The Bertz CT molecular complexity index is 440. The van der Waals surface area contributed by atoms with E-state index in [1.165, 1.54) is 12.1 Å². The summed E-state index contributed by atoms with van der Waals surface area (Å²) in [6.07, 6.45) is 0. The molecule has 4 nitrogen and oxygen atoms in total. The molecule has 0 saturated heterocycles. The minimum Gasteiger partial charge on any atom is -0.508 e. The molecule has 0 aliphatic rings. The predicted octanol–water partition coefficient (Wildman–Crippen LogP) is 2.20. The fourth-order valence-corrected chi connectivity index (χ4v) is 0.940. The van der Waals surface area contributed by atoms with Crippen molar-refractivity contribution >= 4 is 0 Å². The molecule has 2 aromatic rings. The molecule has 0 spiro atoms. The van der Waals surface area contributed by atoms with E-state index in [-0.39, 0.29) is 17.2 Å². The summed E-state index contributed by atoms with van der Waals surface area (Å²) in [6.45, 7) is 0. The van der Waals surface area contributed by atoms with E-state index in [1.54, 1.807) is 24.3 Å². The second kappa shape index (κ2) is 5.50. The monoisotopic (exact) mass is 220 g/mol. The number of benzene rings is 2. The van der Waals surface area contributed by atoms with Gasteiger partial charge in [0.05, 0.1) is 0 Å². The SMILES string of the molecule is Oc1ccc(O)c(O)c1.Oc1ccccc1. The Morgan fingerprint density at radius 3 is 1.56 bits per heavy atom. The van der Waals surface area contributed by atoms with Crippen molar-refractivity contribution in [3.63, 3.8) is 0 Å². The van der Waals surface area contributed by atoms with E-state index in [1.807, 2.05) is 6.07 Å². The van der Waals surface area contributed by atoms with Gasteiger partial charge in [-0.2, -0.15) is 0 Å². The number of phenols is 4. The Balaban J connectivity index is 0.000000165. The van der Waals surface area contributed by atoms with Gasteiger partial charge >= 0.3 is 0 Å². The highest BCUT2D eigenvalue weighted by Crippen LogP contribution is 2.27. The second-order valence-corrected chi connectivity index (χ2v) is 3.01. The number of hydrogen-bond donors (Lipinski definition) is 4. The fourth-order valence-electron chi connectivity index (χ4n) is 0.940. The number of hydrogen-bond acceptors (Lipinski definition) is 4. The molecule has 0 radical (unpaired) electrons. The third-order valence-corrected chi connectivity index (χ3v) is 1.72. The van der Waals surface area contributed by atoms with E-state index in [0.717, 1.165) is 6.07 Å². The minimum atomic E-state index is -0.310. The molecule has 0 aromatic heterocycles. The second-order valence-electron chi connectivity index (χ2n) is 3.01. The van der Waals surface area contributed by atoms with Crippen molar-refractivity contribution in [3.8, 4) is 23.0 Å². The van der Waals surface area contributed by atoms with Crippen LogP contribution < -0.4 is 0 Å². The smallest absolute Gasteiger partial charge is 0.161 e. The van der Waals surface area contributed by atoms with Crippen molar-refractivity contribution in [1.82, 2.24) is 0 Å². The van der Waals surface area contributed by atoms with Crippen molar-refractivity contribution in [3.05, 3.63) is 48.5 Å². The maximum atomic E-state index is 8.69. The predicted molar refractivity (Wildman–Crippen MR) is 59.5 cm³/mol. The van der Waals surface area contributed by atoms with Gasteiger partial charge in [0.25, 0.3) is 0 Å². The average molecular weight is 220 g/mol. The topological polar surface area (TPSA) is 80.9 Å². The first-order chi connectivity index (χ1) is 7.59. The summed E-state index contributed by atoms with van der Waals surface area (Å²) in [5, 5.41) is 34.7. The van der Waals surface area contributed by atoms with E-state index in [2.05, 4.69) is 0 Å². The summed E-state index contributed by atoms with van der Waals surface area (Å²) < 4.78 is 0. The van der Waals surface area contributed by atoms with Gasteiger partial charge < -0.3 is 20.4 Å². The van der Waals surface area contributed by atoms with Crippen LogP contribution >= 0.6 is 0 Å². The summed E-state index contributed by atoms with van der Waals surface area (Å²) in [7, 11) is 0. The van der Waals surface area contributed by atoms with Gasteiger partial charge in [-0.1, -0.05) is 18.2 Å². The molecule has 2 rings (SSSR count). The zero-order valence-electron chi connectivity index (χ0n) is 8.41. The quantitative estimate of drug-likeness (QED) is 0.405. The Labute approximate surface area is 92.7 Å². The highest BCUT2D eigenvalue weighted by atomic mass is 16.3. The number of phenolic OH excluding ortho intramolecular Hbond substituents is 4. The fraction of sp³-hybridized carbons (Fsp3) is 0. The molecular weight excluding hydrogens is 208 g/mol. The molecule has 0 bridgehead atoms. The molecule has 0 unspecified atom stereocenters. The molecule has 0 aliphatic carbocycles. The van der Waals surface area contributed by atoms with Crippen LogP contribution in [0.4, 0.5) is 0 Å². The van der Waals surface area contributed by atoms with E-state index >= 15 is 0 Å². The molecular formula is C12H12O4. The van der Waals surface area contributed by atoms with Crippen LogP contribution in [0.2, 0.25) is 0 Å². The number of para-hydroxylation sites is 1. The Hall–Kier alpha value is -2.36. The highest BCUT2D eigenvalue weighted by Gasteiger charge is 1.96. The van der Waals surface area contributed by atoms with Crippen LogP contribution in [0.3, 0.4) is 0 Å². The number of aromatic hydroxyl groups is 4. The van der Waals surface area contributed by atoms with Crippen LogP contribution in [-0.4, -0.2) is 20.4 Å². The third kappa shape index (κ3) is 3.79. The Morgan fingerprint density at radius 1 is 0.562 bits per heavy atom. The van der Waals surface area contributed by atoms with E-state index < -0.39 is 0 Å². The minimum absolute atomic E-state index is 0.0645. The standard InChI is InChI=1S/C6H6O3.C6H6O/c7-4-1-2-5(8)6(9)3-4;7-6-4-2-1-3-5-6/h1-3,7-9H;1-5,7H. The maximum Gasteiger partial charge on any atom is 0.161 e. The first kappa shape index (κ1) is 11.7. The highest BCUT2D eigenvalue weighted by molar-refractivity contribution is 5.42. The molecule has 0 saturated carbocycles. The molecule has 16 heavy (non-hydrogen) atoms. The molecule has 0 aliphatic heterocycles. The molecule has 84 valence electrons. The van der Waals surface area contributed by atoms with Gasteiger partial charge in [-0.05, 0) is 24.3 Å². The van der Waals surface area contributed by atoms with Crippen LogP contribution in [0.1, 0.15) is 0 Å². The summed E-state index contributed by atoms with van der Waals surface area (Å²) >= 11 is 0. The molecule has 0 fully saturated rings. The Morgan fingerprint density at radius 2 is 1.19 bits per heavy atom. The molecule has 2 aromatic carbocycles. The lowest BCUT2D eigenvalue weighted by molar-refractivity contribution is 0.396. The first-order valence-electron chi connectivity index (χ1n) is 4.54. The van der Waals surface area contributed by atoms with Crippen molar-refractivity contribution in [2.45, 2.75) is 0 Å². The summed E-state index contributed by atoms with van der Waals surface area (Å²) in [5.74, 6) is -0.282. The van der Waals surface area contributed by atoms with Crippen LogP contribution in [-0.2, 0) is 0 Å². The molecule has 0 heterocycles. The molecule has 0 atom stereocenters. The van der Waals surface area contributed by atoms with Crippen molar-refractivity contribution < 1.29 is 20.4 Å². The van der Waals surface area contributed by atoms with Crippen molar-refractivity contribution in [2.75, 3.05) is 0 Å². The van der Waals surface area contributed by atoms with Crippen LogP contribution in [0.25, 0.3) is 0 Å². The van der Waals surface area contributed by atoms with Gasteiger partial charge in [0.2, 0.25) is 0 Å². The van der Waals surface area contributed by atoms with Crippen LogP contribution in [0, 0.1) is 0 Å². The third-order valence-electron chi connectivity index (χ3n) is 1.72. The lowest BCUT2D eigenvalue weighted by Gasteiger charge is -1.95. The van der Waals surface area contributed by atoms with Crippen LogP contribution in [0.5, 0.6) is 23.0 Å². The van der Waals surface area contributed by atoms with Gasteiger partial charge in [-0.15, -0.1) is 0 Å². The normalized spacial score (nSPS) is 9.00. The Kier molecular flexibility index (Phi) is 4.03. The number of rotatable bonds is 0. The average Bonchev–Trinajstić information content (AvgIpc) is 2.26. The van der Waals surface area contributed by atoms with Gasteiger partial charge in [-0.25, -0.2) is 0 Å². The van der Waals surface area contributed by atoms with Crippen LogP contribution in [0.15, 0.2) is 48.5 Å². The van der Waals surface area contributed by atoms with Gasteiger partial charge in [-0.3, -0.25) is 0 Å². The van der Waals surface area contributed by atoms with E-state index in [4.69, 9.17) is 20.4 Å². The van der Waals surface area contributed by atoms with Gasteiger partial charge in [0, 0.05) is 6.07 Å². The lowest BCUT2D eigenvalue weighted by atomic mass is 10.3. The molecule has 4 heteroatoms. The zero-order chi connectivity index (χ0) is 12.0.